The Morgan fingerprint density at radius 1 is 1.38 bits per heavy atom. The summed E-state index contributed by atoms with van der Waals surface area (Å²) in [6, 6.07) is 8.73. The van der Waals surface area contributed by atoms with E-state index in [0.717, 1.165) is 44.1 Å². The van der Waals surface area contributed by atoms with Gasteiger partial charge in [-0.3, -0.25) is 9.88 Å². The number of nitrogens with zero attached hydrogens (tertiary/aromatic N) is 2. The van der Waals surface area contributed by atoms with Crippen molar-refractivity contribution in [2.75, 3.05) is 26.7 Å². The molecular weight excluding hydrogens is 350 g/mol. The van der Waals surface area contributed by atoms with Crippen molar-refractivity contribution in [1.82, 2.24) is 15.2 Å². The second-order valence-electron chi connectivity index (χ2n) is 6.88. The highest BCUT2D eigenvalue weighted by Gasteiger charge is 2.28. The second kappa shape index (κ2) is 8.25. The van der Waals surface area contributed by atoms with Gasteiger partial charge in [0, 0.05) is 62.2 Å². The van der Waals surface area contributed by atoms with Gasteiger partial charge < -0.3 is 14.8 Å². The maximum absolute atomic E-state index is 6.11. The molecule has 0 spiro atoms. The van der Waals surface area contributed by atoms with Gasteiger partial charge in [-0.2, -0.15) is 0 Å². The summed E-state index contributed by atoms with van der Waals surface area (Å²) in [4.78, 5) is 6.81. The molecule has 0 saturated carbocycles. The van der Waals surface area contributed by atoms with Gasteiger partial charge in [0.05, 0.1) is 7.11 Å². The van der Waals surface area contributed by atoms with Gasteiger partial charge in [-0.15, -0.1) is 12.4 Å². The van der Waals surface area contributed by atoms with Crippen molar-refractivity contribution in [2.24, 2.45) is 0 Å². The zero-order valence-electron chi connectivity index (χ0n) is 15.3. The molecule has 1 saturated heterocycles. The summed E-state index contributed by atoms with van der Waals surface area (Å²) in [5, 5.41) is 3.51. The molecule has 1 aromatic carbocycles. The van der Waals surface area contributed by atoms with Gasteiger partial charge in [-0.25, -0.2) is 0 Å². The third kappa shape index (κ3) is 3.80. The number of rotatable bonds is 4. The fraction of sp³-hybridized carbons (Fsp3) is 0.450. The highest BCUT2D eigenvalue weighted by molar-refractivity contribution is 5.85. The van der Waals surface area contributed by atoms with Crippen LogP contribution >= 0.6 is 12.4 Å². The molecule has 4 rings (SSSR count). The maximum atomic E-state index is 6.11. The molecule has 5 nitrogen and oxygen atoms in total. The maximum Gasteiger partial charge on any atom is 0.127 e. The van der Waals surface area contributed by atoms with Crippen molar-refractivity contribution >= 4 is 12.4 Å². The van der Waals surface area contributed by atoms with Gasteiger partial charge in [0.15, 0.2) is 0 Å². The van der Waals surface area contributed by atoms with Crippen LogP contribution in [-0.2, 0) is 13.0 Å². The van der Waals surface area contributed by atoms with Gasteiger partial charge in [0.1, 0.15) is 17.6 Å². The number of aromatic nitrogens is 1. The Kier molecular flexibility index (Phi) is 6.01. The van der Waals surface area contributed by atoms with Crippen LogP contribution in [-0.4, -0.2) is 42.7 Å². The van der Waals surface area contributed by atoms with Crippen molar-refractivity contribution in [3.8, 4) is 11.5 Å². The highest BCUT2D eigenvalue weighted by atomic mass is 35.5. The van der Waals surface area contributed by atoms with E-state index in [2.05, 4.69) is 40.3 Å². The molecule has 2 aromatic rings. The zero-order chi connectivity index (χ0) is 17.2. The summed E-state index contributed by atoms with van der Waals surface area (Å²) in [7, 11) is 1.73. The van der Waals surface area contributed by atoms with E-state index in [1.54, 1.807) is 7.11 Å². The fourth-order valence-corrected chi connectivity index (χ4v) is 3.87. The van der Waals surface area contributed by atoms with E-state index in [0.29, 0.717) is 6.04 Å². The average molecular weight is 376 g/mol. The van der Waals surface area contributed by atoms with Gasteiger partial charge in [0.25, 0.3) is 0 Å². The van der Waals surface area contributed by atoms with E-state index in [-0.39, 0.29) is 18.5 Å². The van der Waals surface area contributed by atoms with Crippen LogP contribution < -0.4 is 14.8 Å². The number of piperazine rings is 1. The first-order valence-electron chi connectivity index (χ1n) is 8.95. The number of hydrogen-bond acceptors (Lipinski definition) is 5. The molecule has 2 unspecified atom stereocenters. The third-order valence-corrected chi connectivity index (χ3v) is 5.08. The normalized spacial score (nSPS) is 22.2. The lowest BCUT2D eigenvalue weighted by Gasteiger charge is -2.36. The van der Waals surface area contributed by atoms with Crippen LogP contribution in [0, 0.1) is 0 Å². The van der Waals surface area contributed by atoms with Crippen molar-refractivity contribution in [3.63, 3.8) is 0 Å². The molecule has 26 heavy (non-hydrogen) atoms. The number of hydrogen-bond donors (Lipinski definition) is 1. The molecule has 140 valence electrons. The molecule has 2 aliphatic rings. The molecule has 0 amide bonds. The molecule has 0 bridgehead atoms. The first kappa shape index (κ1) is 19.0. The predicted molar refractivity (Wildman–Crippen MR) is 104 cm³/mol. The summed E-state index contributed by atoms with van der Waals surface area (Å²) in [6.45, 7) is 5.92. The van der Waals surface area contributed by atoms with E-state index in [1.807, 2.05) is 18.5 Å². The number of methoxy groups -OCH3 is 1. The van der Waals surface area contributed by atoms with Crippen LogP contribution in [0.2, 0.25) is 0 Å². The first-order chi connectivity index (χ1) is 12.2. The minimum Gasteiger partial charge on any atom is -0.497 e. The topological polar surface area (TPSA) is 46.6 Å². The van der Waals surface area contributed by atoms with Gasteiger partial charge >= 0.3 is 0 Å². The quantitative estimate of drug-likeness (QED) is 0.890. The Morgan fingerprint density at radius 3 is 3.04 bits per heavy atom. The minimum absolute atomic E-state index is 0. The second-order valence-corrected chi connectivity index (χ2v) is 6.88. The summed E-state index contributed by atoms with van der Waals surface area (Å²) >= 11 is 0. The standard InChI is InChI=1S/C20H25N3O2.ClH/c1-14-8-16-9-18(24-2)10-17(20(16)25-14)13-23-7-6-22-12-19(23)15-4-3-5-21-11-15;/h3-5,9-11,14,19,22H,6-8,12-13H2,1-2H3;1H. The molecule has 3 heterocycles. The highest BCUT2D eigenvalue weighted by Crippen LogP contribution is 2.38. The lowest BCUT2D eigenvalue weighted by atomic mass is 10.0. The predicted octanol–water partition coefficient (Wildman–Crippen LogP) is 2.98. The molecular formula is C20H26ClN3O2. The Hall–Kier alpha value is -1.82. The van der Waals surface area contributed by atoms with E-state index in [9.17, 15) is 0 Å². The van der Waals surface area contributed by atoms with E-state index in [4.69, 9.17) is 9.47 Å². The summed E-state index contributed by atoms with van der Waals surface area (Å²) in [6.07, 6.45) is 4.98. The SMILES string of the molecule is COc1cc2c(c(CN3CCNCC3c3cccnc3)c1)OC(C)C2.Cl. The van der Waals surface area contributed by atoms with Gasteiger partial charge in [-0.05, 0) is 30.7 Å². The molecule has 2 aliphatic heterocycles. The van der Waals surface area contributed by atoms with Crippen LogP contribution in [0.5, 0.6) is 11.5 Å². The summed E-state index contributed by atoms with van der Waals surface area (Å²) in [5.41, 5.74) is 3.73. The first-order valence-corrected chi connectivity index (χ1v) is 8.95. The molecule has 1 fully saturated rings. The fourth-order valence-electron chi connectivity index (χ4n) is 3.87. The lowest BCUT2D eigenvalue weighted by Crippen LogP contribution is -2.45. The minimum atomic E-state index is 0. The van der Waals surface area contributed by atoms with Crippen LogP contribution in [0.1, 0.15) is 29.7 Å². The Bertz CT molecular complexity index is 741. The van der Waals surface area contributed by atoms with Crippen LogP contribution in [0.15, 0.2) is 36.7 Å². The smallest absolute Gasteiger partial charge is 0.127 e. The zero-order valence-corrected chi connectivity index (χ0v) is 16.1. The number of benzene rings is 1. The van der Waals surface area contributed by atoms with Crippen molar-refractivity contribution in [3.05, 3.63) is 53.3 Å². The third-order valence-electron chi connectivity index (χ3n) is 5.08. The van der Waals surface area contributed by atoms with E-state index < -0.39 is 0 Å². The largest absolute Gasteiger partial charge is 0.497 e. The number of halogens is 1. The monoisotopic (exact) mass is 375 g/mol. The number of pyridine rings is 1. The molecule has 6 heteroatoms. The summed E-state index contributed by atoms with van der Waals surface area (Å²) < 4.78 is 11.6. The van der Waals surface area contributed by atoms with Crippen LogP contribution in [0.25, 0.3) is 0 Å². The molecule has 1 N–H and O–H groups in total. The molecule has 1 aromatic heterocycles. The average Bonchev–Trinajstić information content (AvgIpc) is 3.03. The Balaban J connectivity index is 0.00000196. The van der Waals surface area contributed by atoms with Crippen LogP contribution in [0.4, 0.5) is 0 Å². The number of nitrogens with one attached hydrogen (secondary N) is 1. The Labute approximate surface area is 161 Å². The molecule has 0 radical (unpaired) electrons. The van der Waals surface area contributed by atoms with Gasteiger partial charge in [0.2, 0.25) is 0 Å². The Morgan fingerprint density at radius 2 is 2.27 bits per heavy atom. The molecule has 0 aliphatic carbocycles. The molecule has 2 atom stereocenters. The number of ether oxygens (including phenoxy) is 2. The summed E-state index contributed by atoms with van der Waals surface area (Å²) in [5.74, 6) is 1.97. The van der Waals surface area contributed by atoms with Crippen molar-refractivity contribution in [2.45, 2.75) is 32.0 Å². The van der Waals surface area contributed by atoms with Crippen LogP contribution in [0.3, 0.4) is 0 Å². The van der Waals surface area contributed by atoms with E-state index in [1.165, 1.54) is 16.7 Å². The van der Waals surface area contributed by atoms with Crippen molar-refractivity contribution < 1.29 is 9.47 Å². The lowest BCUT2D eigenvalue weighted by molar-refractivity contribution is 0.150. The van der Waals surface area contributed by atoms with Crippen molar-refractivity contribution in [1.29, 1.82) is 0 Å². The number of fused-ring (bicyclic) bond motifs is 1. The van der Waals surface area contributed by atoms with E-state index >= 15 is 0 Å². The van der Waals surface area contributed by atoms with Gasteiger partial charge in [-0.1, -0.05) is 6.07 Å².